The zero-order valence-electron chi connectivity index (χ0n) is 11.3. The van der Waals surface area contributed by atoms with Crippen LogP contribution in [0.4, 0.5) is 0 Å². The number of rotatable bonds is 3. The molecule has 0 spiro atoms. The molecule has 0 bridgehead atoms. The van der Waals surface area contributed by atoms with Gasteiger partial charge in [0.1, 0.15) is 0 Å². The van der Waals surface area contributed by atoms with Gasteiger partial charge in [-0.05, 0) is 45.2 Å². The highest BCUT2D eigenvalue weighted by molar-refractivity contribution is 7.86. The van der Waals surface area contributed by atoms with E-state index in [2.05, 4.69) is 5.32 Å². The zero-order valence-corrected chi connectivity index (χ0v) is 12.9. The molecule has 0 amide bonds. The fourth-order valence-corrected chi connectivity index (χ4v) is 4.27. The Kier molecular flexibility index (Phi) is 5.44. The lowest BCUT2D eigenvalue weighted by Crippen LogP contribution is -2.50. The van der Waals surface area contributed by atoms with Crippen molar-refractivity contribution in [2.45, 2.75) is 26.3 Å². The highest BCUT2D eigenvalue weighted by Crippen LogP contribution is 2.28. The van der Waals surface area contributed by atoms with Crippen LogP contribution in [0, 0.1) is 11.8 Å². The second-order valence-electron chi connectivity index (χ2n) is 5.44. The van der Waals surface area contributed by atoms with Crippen molar-refractivity contribution < 1.29 is 8.42 Å². The van der Waals surface area contributed by atoms with Crippen molar-refractivity contribution in [3.8, 4) is 0 Å². The maximum atomic E-state index is 12.3. The number of halogens is 1. The van der Waals surface area contributed by atoms with E-state index >= 15 is 0 Å². The lowest BCUT2D eigenvalue weighted by atomic mass is 9.90. The molecule has 0 radical (unpaired) electrons. The summed E-state index contributed by atoms with van der Waals surface area (Å²) in [6, 6.07) is 0.0134. The van der Waals surface area contributed by atoms with Crippen molar-refractivity contribution in [2.24, 2.45) is 11.8 Å². The Bertz CT molecular complexity index is 374. The Morgan fingerprint density at radius 2 is 1.89 bits per heavy atom. The van der Waals surface area contributed by atoms with Gasteiger partial charge in [-0.1, -0.05) is 0 Å². The molecule has 2 heterocycles. The molecule has 18 heavy (non-hydrogen) atoms. The zero-order chi connectivity index (χ0) is 12.6. The number of nitrogens with one attached hydrogen (secondary N) is 1. The minimum Gasteiger partial charge on any atom is -0.316 e. The van der Waals surface area contributed by atoms with Crippen LogP contribution in [0.15, 0.2) is 0 Å². The predicted molar refractivity (Wildman–Crippen MR) is 75.1 cm³/mol. The minimum atomic E-state index is -3.26. The molecule has 5 nitrogen and oxygen atoms in total. The third-order valence-corrected chi connectivity index (χ3v) is 6.22. The van der Waals surface area contributed by atoms with Crippen LogP contribution in [-0.2, 0) is 10.2 Å². The molecule has 2 aliphatic heterocycles. The normalized spacial score (nSPS) is 29.4. The van der Waals surface area contributed by atoms with Gasteiger partial charge in [-0.15, -0.1) is 12.4 Å². The summed E-state index contributed by atoms with van der Waals surface area (Å²) in [7, 11) is -1.60. The SMILES string of the molecule is CC(C)N(C)S(=O)(=O)N1CCC2CNCC2C1.Cl. The summed E-state index contributed by atoms with van der Waals surface area (Å²) in [5.74, 6) is 1.17. The van der Waals surface area contributed by atoms with E-state index in [0.717, 1.165) is 19.5 Å². The summed E-state index contributed by atoms with van der Waals surface area (Å²) in [4.78, 5) is 0. The largest absolute Gasteiger partial charge is 0.316 e. The van der Waals surface area contributed by atoms with Crippen LogP contribution >= 0.6 is 12.4 Å². The second-order valence-corrected chi connectivity index (χ2v) is 7.43. The predicted octanol–water partition coefficient (Wildman–Crippen LogP) is 0.535. The van der Waals surface area contributed by atoms with Crippen LogP contribution in [0.5, 0.6) is 0 Å². The molecule has 2 saturated heterocycles. The molecule has 2 fully saturated rings. The van der Waals surface area contributed by atoms with E-state index < -0.39 is 10.2 Å². The van der Waals surface area contributed by atoms with E-state index in [1.165, 1.54) is 4.31 Å². The summed E-state index contributed by atoms with van der Waals surface area (Å²) in [6.45, 7) is 7.17. The third-order valence-electron chi connectivity index (χ3n) is 4.08. The van der Waals surface area contributed by atoms with Crippen molar-refractivity contribution in [2.75, 3.05) is 33.2 Å². The van der Waals surface area contributed by atoms with Crippen molar-refractivity contribution in [1.82, 2.24) is 13.9 Å². The van der Waals surface area contributed by atoms with Crippen LogP contribution in [0.25, 0.3) is 0 Å². The number of nitrogens with zero attached hydrogens (tertiary/aromatic N) is 2. The maximum Gasteiger partial charge on any atom is 0.281 e. The molecule has 0 aromatic rings. The van der Waals surface area contributed by atoms with Gasteiger partial charge in [0.2, 0.25) is 0 Å². The van der Waals surface area contributed by atoms with Crippen LogP contribution in [0.3, 0.4) is 0 Å². The first kappa shape index (κ1) is 16.2. The van der Waals surface area contributed by atoms with Crippen LogP contribution in [-0.4, -0.2) is 56.3 Å². The van der Waals surface area contributed by atoms with Crippen LogP contribution in [0.2, 0.25) is 0 Å². The van der Waals surface area contributed by atoms with E-state index in [4.69, 9.17) is 0 Å². The molecule has 7 heteroatoms. The van der Waals surface area contributed by atoms with Crippen LogP contribution in [0.1, 0.15) is 20.3 Å². The van der Waals surface area contributed by atoms with Gasteiger partial charge in [0.25, 0.3) is 10.2 Å². The number of piperidine rings is 1. The molecule has 108 valence electrons. The molecular weight excluding hydrogens is 274 g/mol. The summed E-state index contributed by atoms with van der Waals surface area (Å²) < 4.78 is 27.8. The molecule has 0 aromatic heterocycles. The highest BCUT2D eigenvalue weighted by atomic mass is 35.5. The first-order chi connectivity index (χ1) is 7.93. The molecule has 2 unspecified atom stereocenters. The highest BCUT2D eigenvalue weighted by Gasteiger charge is 2.38. The molecule has 0 saturated carbocycles. The standard InChI is InChI=1S/C11H23N3O2S.ClH/c1-9(2)13(3)17(15,16)14-5-4-10-6-12-7-11(10)8-14;/h9-12H,4-8H2,1-3H3;1H. The van der Waals surface area contributed by atoms with Gasteiger partial charge in [0.15, 0.2) is 0 Å². The molecule has 1 N–H and O–H groups in total. The van der Waals surface area contributed by atoms with Gasteiger partial charge < -0.3 is 5.32 Å². The van der Waals surface area contributed by atoms with Gasteiger partial charge in [-0.2, -0.15) is 17.0 Å². The van der Waals surface area contributed by atoms with Crippen molar-refractivity contribution in [1.29, 1.82) is 0 Å². The van der Waals surface area contributed by atoms with Gasteiger partial charge >= 0.3 is 0 Å². The molecular formula is C11H24ClN3O2S. The topological polar surface area (TPSA) is 52.7 Å². The summed E-state index contributed by atoms with van der Waals surface area (Å²) in [5, 5.41) is 3.35. The van der Waals surface area contributed by atoms with Crippen molar-refractivity contribution in [3.63, 3.8) is 0 Å². The Morgan fingerprint density at radius 3 is 2.50 bits per heavy atom. The van der Waals surface area contributed by atoms with E-state index in [9.17, 15) is 8.42 Å². The van der Waals surface area contributed by atoms with Crippen molar-refractivity contribution >= 4 is 22.6 Å². The molecule has 2 rings (SSSR count). The number of fused-ring (bicyclic) bond motifs is 1. The summed E-state index contributed by atoms with van der Waals surface area (Å²) in [6.07, 6.45) is 0.989. The first-order valence-corrected chi connectivity index (χ1v) is 7.76. The second kappa shape index (κ2) is 6.05. The van der Waals surface area contributed by atoms with Gasteiger partial charge in [-0.25, -0.2) is 0 Å². The fraction of sp³-hybridized carbons (Fsp3) is 1.00. The number of hydrogen-bond donors (Lipinski definition) is 1. The van der Waals surface area contributed by atoms with E-state index in [1.54, 1.807) is 11.4 Å². The first-order valence-electron chi connectivity index (χ1n) is 6.36. The Morgan fingerprint density at radius 1 is 1.28 bits per heavy atom. The molecule has 2 aliphatic rings. The summed E-state index contributed by atoms with van der Waals surface area (Å²) >= 11 is 0. The average molecular weight is 298 g/mol. The van der Waals surface area contributed by atoms with E-state index in [-0.39, 0.29) is 18.4 Å². The van der Waals surface area contributed by atoms with E-state index in [0.29, 0.717) is 24.9 Å². The van der Waals surface area contributed by atoms with Crippen molar-refractivity contribution in [3.05, 3.63) is 0 Å². The minimum absolute atomic E-state index is 0. The molecule has 2 atom stereocenters. The molecule has 0 aromatic carbocycles. The van der Waals surface area contributed by atoms with Gasteiger partial charge in [0.05, 0.1) is 0 Å². The van der Waals surface area contributed by atoms with Crippen LogP contribution < -0.4 is 5.32 Å². The number of hydrogen-bond acceptors (Lipinski definition) is 3. The fourth-order valence-electron chi connectivity index (χ4n) is 2.66. The van der Waals surface area contributed by atoms with Gasteiger partial charge in [0, 0.05) is 26.2 Å². The van der Waals surface area contributed by atoms with E-state index in [1.807, 2.05) is 13.8 Å². The Balaban J connectivity index is 0.00000162. The van der Waals surface area contributed by atoms with Gasteiger partial charge in [-0.3, -0.25) is 0 Å². The Hall–Kier alpha value is 0.120. The average Bonchev–Trinajstić information content (AvgIpc) is 2.74. The monoisotopic (exact) mass is 297 g/mol. The summed E-state index contributed by atoms with van der Waals surface area (Å²) in [5.41, 5.74) is 0. The lowest BCUT2D eigenvalue weighted by molar-refractivity contribution is 0.214. The third kappa shape index (κ3) is 2.99. The molecule has 0 aliphatic carbocycles. The smallest absolute Gasteiger partial charge is 0.281 e. The Labute approximate surface area is 116 Å². The quantitative estimate of drug-likeness (QED) is 0.827. The maximum absolute atomic E-state index is 12.3. The lowest BCUT2D eigenvalue weighted by Gasteiger charge is -2.36.